The first-order chi connectivity index (χ1) is 14.0. The summed E-state index contributed by atoms with van der Waals surface area (Å²) < 4.78 is 29.7. The number of rotatable bonds is 7. The van der Waals surface area contributed by atoms with E-state index in [1.807, 2.05) is 32.2 Å². The zero-order valence-electron chi connectivity index (χ0n) is 17.5. The lowest BCUT2D eigenvalue weighted by Crippen LogP contribution is -2.37. The third-order valence-corrected chi connectivity index (χ3v) is 7.02. The number of guanidine groups is 1. The first kappa shape index (κ1) is 24.6. The van der Waals surface area contributed by atoms with E-state index in [0.717, 1.165) is 25.0 Å². The third-order valence-electron chi connectivity index (χ3n) is 5.02. The van der Waals surface area contributed by atoms with Crippen molar-refractivity contribution < 1.29 is 8.42 Å². The van der Waals surface area contributed by atoms with Crippen molar-refractivity contribution in [3.63, 3.8) is 0 Å². The van der Waals surface area contributed by atoms with E-state index < -0.39 is 10.0 Å². The van der Waals surface area contributed by atoms with Crippen LogP contribution in [-0.4, -0.2) is 48.1 Å². The van der Waals surface area contributed by atoms with Gasteiger partial charge in [0.15, 0.2) is 5.96 Å². The van der Waals surface area contributed by atoms with Gasteiger partial charge in [0.1, 0.15) is 0 Å². The minimum atomic E-state index is -3.49. The molecule has 0 atom stereocenters. The molecule has 2 aromatic rings. The number of hydrogen-bond donors (Lipinski definition) is 2. The molecule has 10 heteroatoms. The minimum absolute atomic E-state index is 0. The number of aliphatic imine (C=N–C) groups is 1. The molecule has 1 aromatic carbocycles. The van der Waals surface area contributed by atoms with Crippen LogP contribution in [0.4, 0.5) is 0 Å². The number of nitrogens with zero attached hydrogens (tertiary/aromatic N) is 4. The lowest BCUT2D eigenvalue weighted by atomic mass is 10.2. The molecule has 0 unspecified atom stereocenters. The summed E-state index contributed by atoms with van der Waals surface area (Å²) in [6.45, 7) is 4.75. The molecule has 1 aliphatic rings. The summed E-state index contributed by atoms with van der Waals surface area (Å²) in [6, 6.07) is 9.10. The molecule has 2 N–H and O–H groups in total. The quantitative estimate of drug-likeness (QED) is 0.317. The number of nitrogens with one attached hydrogen (secondary N) is 2. The molecule has 1 aromatic heterocycles. The fourth-order valence-corrected chi connectivity index (χ4v) is 5.12. The van der Waals surface area contributed by atoms with Crippen molar-refractivity contribution in [1.82, 2.24) is 24.7 Å². The molecule has 0 aliphatic carbocycles. The molecule has 1 saturated heterocycles. The average molecular weight is 546 g/mol. The van der Waals surface area contributed by atoms with E-state index in [-0.39, 0.29) is 30.5 Å². The number of aryl methyl sites for hydroxylation is 1. The monoisotopic (exact) mass is 546 g/mol. The summed E-state index contributed by atoms with van der Waals surface area (Å²) >= 11 is 0. The van der Waals surface area contributed by atoms with Crippen molar-refractivity contribution in [3.05, 3.63) is 47.8 Å². The lowest BCUT2D eigenvalue weighted by Gasteiger charge is -2.26. The summed E-state index contributed by atoms with van der Waals surface area (Å²) in [4.78, 5) is 4.97. The van der Waals surface area contributed by atoms with Crippen LogP contribution in [0.15, 0.2) is 46.4 Å². The second-order valence-corrected chi connectivity index (χ2v) is 8.97. The number of piperidine rings is 1. The van der Waals surface area contributed by atoms with Crippen LogP contribution < -0.4 is 10.6 Å². The SMILES string of the molecule is CCNC(=NCc1ccccc1S(=O)(=O)N1CCCCC1)NCc1ccnn1C.I. The van der Waals surface area contributed by atoms with Crippen LogP contribution in [0.3, 0.4) is 0 Å². The highest BCUT2D eigenvalue weighted by molar-refractivity contribution is 14.0. The molecule has 0 saturated carbocycles. The molecular weight excluding hydrogens is 515 g/mol. The van der Waals surface area contributed by atoms with Gasteiger partial charge >= 0.3 is 0 Å². The Morgan fingerprint density at radius 3 is 2.53 bits per heavy atom. The molecule has 0 radical (unpaired) electrons. The lowest BCUT2D eigenvalue weighted by molar-refractivity contribution is 0.346. The Morgan fingerprint density at radius 1 is 1.13 bits per heavy atom. The molecule has 8 nitrogen and oxygen atoms in total. The van der Waals surface area contributed by atoms with Gasteiger partial charge in [-0.1, -0.05) is 24.6 Å². The van der Waals surface area contributed by atoms with Crippen LogP contribution in [0.2, 0.25) is 0 Å². The summed E-state index contributed by atoms with van der Waals surface area (Å²) in [7, 11) is -1.60. The highest BCUT2D eigenvalue weighted by atomic mass is 127. The second kappa shape index (κ2) is 11.7. The standard InChI is InChI=1S/C20H30N6O2S.HI/c1-3-21-20(23-16-18-11-12-24-25(18)2)22-15-17-9-5-6-10-19(17)29(27,28)26-13-7-4-8-14-26;/h5-6,9-12H,3-4,7-8,13-16H2,1-2H3,(H2,21,22,23);1H. The van der Waals surface area contributed by atoms with E-state index in [2.05, 4.69) is 20.7 Å². The van der Waals surface area contributed by atoms with Crippen LogP contribution in [0.1, 0.15) is 37.4 Å². The highest BCUT2D eigenvalue weighted by Gasteiger charge is 2.27. The van der Waals surface area contributed by atoms with Crippen LogP contribution in [0.25, 0.3) is 0 Å². The van der Waals surface area contributed by atoms with Gasteiger partial charge < -0.3 is 10.6 Å². The zero-order chi connectivity index (χ0) is 20.7. The Balaban J connectivity index is 0.00000320. The van der Waals surface area contributed by atoms with Gasteiger partial charge in [-0.25, -0.2) is 13.4 Å². The Bertz CT molecular complexity index is 938. The van der Waals surface area contributed by atoms with E-state index in [1.54, 1.807) is 27.3 Å². The van der Waals surface area contributed by atoms with Crippen LogP contribution in [0.5, 0.6) is 0 Å². The third kappa shape index (κ3) is 6.17. The summed E-state index contributed by atoms with van der Waals surface area (Å²) in [5, 5.41) is 10.6. The molecule has 1 fully saturated rings. The first-order valence-electron chi connectivity index (χ1n) is 10.1. The van der Waals surface area contributed by atoms with Gasteiger partial charge in [-0.3, -0.25) is 4.68 Å². The number of hydrogen-bond acceptors (Lipinski definition) is 4. The predicted octanol–water partition coefficient (Wildman–Crippen LogP) is 2.47. The molecular formula is C20H31IN6O2S. The number of halogens is 1. The Hall–Kier alpha value is -1.66. The van der Waals surface area contributed by atoms with E-state index in [9.17, 15) is 8.42 Å². The first-order valence-corrected chi connectivity index (χ1v) is 11.5. The predicted molar refractivity (Wildman–Crippen MR) is 129 cm³/mol. The van der Waals surface area contributed by atoms with E-state index in [4.69, 9.17) is 0 Å². The van der Waals surface area contributed by atoms with Crippen molar-refractivity contribution in [1.29, 1.82) is 0 Å². The van der Waals surface area contributed by atoms with Gasteiger partial charge in [0, 0.05) is 32.9 Å². The number of aromatic nitrogens is 2. The van der Waals surface area contributed by atoms with Gasteiger partial charge in [0.25, 0.3) is 0 Å². The van der Waals surface area contributed by atoms with Gasteiger partial charge in [0.05, 0.1) is 23.7 Å². The van der Waals surface area contributed by atoms with Gasteiger partial charge in [-0.15, -0.1) is 24.0 Å². The highest BCUT2D eigenvalue weighted by Crippen LogP contribution is 2.24. The van der Waals surface area contributed by atoms with Gasteiger partial charge in [-0.05, 0) is 37.5 Å². The number of benzene rings is 1. The molecule has 2 heterocycles. The molecule has 0 amide bonds. The van der Waals surface area contributed by atoms with E-state index in [0.29, 0.717) is 42.6 Å². The average Bonchev–Trinajstić information content (AvgIpc) is 3.15. The van der Waals surface area contributed by atoms with Crippen LogP contribution in [-0.2, 0) is 30.2 Å². The Labute approximate surface area is 196 Å². The Kier molecular flexibility index (Phi) is 9.56. The maximum Gasteiger partial charge on any atom is 0.243 e. The van der Waals surface area contributed by atoms with E-state index >= 15 is 0 Å². The summed E-state index contributed by atoms with van der Waals surface area (Å²) in [6.07, 6.45) is 4.68. The van der Waals surface area contributed by atoms with Crippen molar-refractivity contribution in [2.45, 2.75) is 44.2 Å². The topological polar surface area (TPSA) is 91.6 Å². The fourth-order valence-electron chi connectivity index (χ4n) is 3.39. The molecule has 1 aliphatic heterocycles. The molecule has 3 rings (SSSR count). The molecule has 166 valence electrons. The van der Waals surface area contributed by atoms with Crippen molar-refractivity contribution in [2.24, 2.45) is 12.0 Å². The maximum absolute atomic E-state index is 13.1. The van der Waals surface area contributed by atoms with Crippen molar-refractivity contribution >= 4 is 40.0 Å². The van der Waals surface area contributed by atoms with Crippen molar-refractivity contribution in [2.75, 3.05) is 19.6 Å². The van der Waals surface area contributed by atoms with Crippen LogP contribution in [0, 0.1) is 0 Å². The van der Waals surface area contributed by atoms with Crippen molar-refractivity contribution in [3.8, 4) is 0 Å². The second-order valence-electron chi connectivity index (χ2n) is 7.07. The van der Waals surface area contributed by atoms with Gasteiger partial charge in [0.2, 0.25) is 10.0 Å². The van der Waals surface area contributed by atoms with Crippen LogP contribution >= 0.6 is 24.0 Å². The zero-order valence-corrected chi connectivity index (χ0v) is 20.7. The molecule has 0 bridgehead atoms. The fraction of sp³-hybridized carbons (Fsp3) is 0.500. The van der Waals surface area contributed by atoms with Gasteiger partial charge in [-0.2, -0.15) is 9.40 Å². The summed E-state index contributed by atoms with van der Waals surface area (Å²) in [5.74, 6) is 0.638. The normalized spacial score (nSPS) is 15.5. The Morgan fingerprint density at radius 2 is 1.87 bits per heavy atom. The maximum atomic E-state index is 13.1. The smallest absolute Gasteiger partial charge is 0.243 e. The molecule has 30 heavy (non-hydrogen) atoms. The largest absolute Gasteiger partial charge is 0.357 e. The summed E-state index contributed by atoms with van der Waals surface area (Å²) in [5.41, 5.74) is 1.74. The minimum Gasteiger partial charge on any atom is -0.357 e. The number of sulfonamides is 1. The van der Waals surface area contributed by atoms with E-state index in [1.165, 1.54) is 0 Å². The molecule has 0 spiro atoms.